The Morgan fingerprint density at radius 3 is 3.00 bits per heavy atom. The third-order valence-corrected chi connectivity index (χ3v) is 5.58. The van der Waals surface area contributed by atoms with Crippen LogP contribution < -0.4 is 0 Å². The largest absolute Gasteiger partial charge is 0.334 e. The summed E-state index contributed by atoms with van der Waals surface area (Å²) in [4.78, 5) is 4.47. The van der Waals surface area contributed by atoms with Crippen LogP contribution in [0.2, 0.25) is 0 Å². The molecule has 0 spiro atoms. The maximum Gasteiger partial charge on any atom is 0.260 e. The standard InChI is InChI=1S/C15H17N5O3S/c1-9-6-10-8-16-18-13(10)11(7-9)15-17-14(19-23-15)12-4-3-5-20(12)24(2,21)22/h6-8,12H,3-5H2,1-2H3,(H,16,18). The van der Waals surface area contributed by atoms with E-state index in [1.54, 1.807) is 6.20 Å². The first-order chi connectivity index (χ1) is 11.4. The van der Waals surface area contributed by atoms with Crippen molar-refractivity contribution in [3.63, 3.8) is 0 Å². The first-order valence-electron chi connectivity index (χ1n) is 7.68. The summed E-state index contributed by atoms with van der Waals surface area (Å²) in [6, 6.07) is 3.60. The van der Waals surface area contributed by atoms with Crippen LogP contribution in [0.15, 0.2) is 22.9 Å². The zero-order valence-corrected chi connectivity index (χ0v) is 14.2. The molecule has 1 N–H and O–H groups in total. The van der Waals surface area contributed by atoms with Crippen LogP contribution in [0.5, 0.6) is 0 Å². The highest BCUT2D eigenvalue weighted by atomic mass is 32.2. The summed E-state index contributed by atoms with van der Waals surface area (Å²) in [5.74, 6) is 0.769. The lowest BCUT2D eigenvalue weighted by atomic mass is 10.1. The molecule has 3 aromatic rings. The highest BCUT2D eigenvalue weighted by molar-refractivity contribution is 7.88. The number of nitrogens with one attached hydrogen (secondary N) is 1. The van der Waals surface area contributed by atoms with Gasteiger partial charge in [-0.15, -0.1) is 0 Å². The molecule has 9 heteroatoms. The van der Waals surface area contributed by atoms with Crippen LogP contribution in [0.4, 0.5) is 0 Å². The minimum atomic E-state index is -3.29. The molecule has 0 aliphatic carbocycles. The Bertz CT molecular complexity index is 1010. The smallest absolute Gasteiger partial charge is 0.260 e. The van der Waals surface area contributed by atoms with Gasteiger partial charge in [0, 0.05) is 11.9 Å². The van der Waals surface area contributed by atoms with Crippen molar-refractivity contribution in [1.29, 1.82) is 0 Å². The summed E-state index contributed by atoms with van der Waals surface area (Å²) >= 11 is 0. The summed E-state index contributed by atoms with van der Waals surface area (Å²) < 4.78 is 30.7. The van der Waals surface area contributed by atoms with Gasteiger partial charge < -0.3 is 4.52 Å². The fraction of sp³-hybridized carbons (Fsp3) is 0.400. The van der Waals surface area contributed by atoms with Gasteiger partial charge in [-0.3, -0.25) is 5.10 Å². The van der Waals surface area contributed by atoms with Crippen LogP contribution in [0.3, 0.4) is 0 Å². The first-order valence-corrected chi connectivity index (χ1v) is 9.53. The van der Waals surface area contributed by atoms with Crippen LogP contribution >= 0.6 is 0 Å². The van der Waals surface area contributed by atoms with Gasteiger partial charge in [-0.1, -0.05) is 5.16 Å². The van der Waals surface area contributed by atoms with E-state index in [0.29, 0.717) is 24.7 Å². The third kappa shape index (κ3) is 2.49. The molecule has 24 heavy (non-hydrogen) atoms. The summed E-state index contributed by atoms with van der Waals surface area (Å²) in [6.07, 6.45) is 4.43. The molecule has 1 aliphatic heterocycles. The van der Waals surface area contributed by atoms with E-state index in [-0.39, 0.29) is 6.04 Å². The first kappa shape index (κ1) is 15.3. The molecule has 0 saturated carbocycles. The van der Waals surface area contributed by atoms with Crippen molar-refractivity contribution in [3.8, 4) is 11.5 Å². The molecule has 1 fully saturated rings. The maximum absolute atomic E-state index is 11.9. The SMILES string of the molecule is Cc1cc(-c2nc(C3CCCN3S(C)(=O)=O)no2)c2[nH]ncc2c1. The number of nitrogens with zero attached hydrogens (tertiary/aromatic N) is 4. The van der Waals surface area contributed by atoms with Crippen molar-refractivity contribution < 1.29 is 12.9 Å². The molecule has 2 aromatic heterocycles. The molecule has 126 valence electrons. The van der Waals surface area contributed by atoms with Gasteiger partial charge in [-0.2, -0.15) is 14.4 Å². The van der Waals surface area contributed by atoms with Gasteiger partial charge in [-0.05, 0) is 37.5 Å². The average molecular weight is 347 g/mol. The molecule has 0 radical (unpaired) electrons. The Hall–Kier alpha value is -2.26. The zero-order chi connectivity index (χ0) is 16.9. The predicted molar refractivity (Wildman–Crippen MR) is 87.6 cm³/mol. The Balaban J connectivity index is 1.76. The van der Waals surface area contributed by atoms with Gasteiger partial charge in [0.25, 0.3) is 5.89 Å². The van der Waals surface area contributed by atoms with E-state index in [9.17, 15) is 8.42 Å². The average Bonchev–Trinajstić information content (AvgIpc) is 3.24. The van der Waals surface area contributed by atoms with Crippen LogP contribution in [-0.2, 0) is 10.0 Å². The topological polar surface area (TPSA) is 105 Å². The van der Waals surface area contributed by atoms with Gasteiger partial charge in [0.2, 0.25) is 10.0 Å². The van der Waals surface area contributed by atoms with Crippen molar-refractivity contribution in [1.82, 2.24) is 24.6 Å². The van der Waals surface area contributed by atoms with Crippen LogP contribution in [0, 0.1) is 6.92 Å². The Labute approximate surface area is 138 Å². The molecule has 1 aromatic carbocycles. The van der Waals surface area contributed by atoms with Gasteiger partial charge in [-0.25, -0.2) is 8.42 Å². The molecule has 1 saturated heterocycles. The Morgan fingerprint density at radius 1 is 1.38 bits per heavy atom. The normalized spacial score (nSPS) is 19.3. The number of aromatic amines is 1. The number of H-pyrrole nitrogens is 1. The van der Waals surface area contributed by atoms with E-state index in [4.69, 9.17) is 4.52 Å². The molecule has 1 unspecified atom stereocenters. The molecule has 8 nitrogen and oxygen atoms in total. The second kappa shape index (κ2) is 5.38. The second-order valence-electron chi connectivity index (χ2n) is 6.14. The summed E-state index contributed by atoms with van der Waals surface area (Å²) in [7, 11) is -3.29. The highest BCUT2D eigenvalue weighted by Crippen LogP contribution is 2.34. The summed E-state index contributed by atoms with van der Waals surface area (Å²) in [5.41, 5.74) is 2.64. The van der Waals surface area contributed by atoms with E-state index >= 15 is 0 Å². The summed E-state index contributed by atoms with van der Waals surface area (Å²) in [5, 5.41) is 12.0. The molecule has 0 bridgehead atoms. The minimum Gasteiger partial charge on any atom is -0.334 e. The van der Waals surface area contributed by atoms with Crippen molar-refractivity contribution in [2.45, 2.75) is 25.8 Å². The number of benzene rings is 1. The van der Waals surface area contributed by atoms with E-state index in [0.717, 1.165) is 28.5 Å². The molecular formula is C15H17N5O3S. The van der Waals surface area contributed by atoms with Crippen molar-refractivity contribution in [3.05, 3.63) is 29.7 Å². The number of fused-ring (bicyclic) bond motifs is 1. The number of aromatic nitrogens is 4. The van der Waals surface area contributed by atoms with E-state index < -0.39 is 10.0 Å². The number of aryl methyl sites for hydroxylation is 1. The van der Waals surface area contributed by atoms with Gasteiger partial charge in [0.1, 0.15) is 0 Å². The van der Waals surface area contributed by atoms with E-state index in [1.807, 2.05) is 19.1 Å². The third-order valence-electron chi connectivity index (χ3n) is 4.29. The number of rotatable bonds is 3. The Kier molecular flexibility index (Phi) is 3.43. The molecule has 4 rings (SSSR count). The quantitative estimate of drug-likeness (QED) is 0.777. The highest BCUT2D eigenvalue weighted by Gasteiger charge is 2.35. The molecular weight excluding hydrogens is 330 g/mol. The predicted octanol–water partition coefficient (Wildman–Crippen LogP) is 2.02. The maximum atomic E-state index is 11.9. The minimum absolute atomic E-state index is 0.362. The fourth-order valence-corrected chi connectivity index (χ4v) is 4.37. The van der Waals surface area contributed by atoms with Gasteiger partial charge >= 0.3 is 0 Å². The monoisotopic (exact) mass is 347 g/mol. The van der Waals surface area contributed by atoms with E-state index in [1.165, 1.54) is 10.6 Å². The zero-order valence-electron chi connectivity index (χ0n) is 13.4. The lowest BCUT2D eigenvalue weighted by Gasteiger charge is -2.18. The van der Waals surface area contributed by atoms with Gasteiger partial charge in [0.15, 0.2) is 5.82 Å². The van der Waals surface area contributed by atoms with Crippen LogP contribution in [0.25, 0.3) is 22.4 Å². The summed E-state index contributed by atoms with van der Waals surface area (Å²) in [6.45, 7) is 2.47. The molecule has 1 atom stereocenters. The second-order valence-corrected chi connectivity index (χ2v) is 8.07. The van der Waals surface area contributed by atoms with Crippen molar-refractivity contribution >= 4 is 20.9 Å². The number of hydrogen-bond acceptors (Lipinski definition) is 6. The molecule has 0 amide bonds. The molecule has 3 heterocycles. The lowest BCUT2D eigenvalue weighted by Crippen LogP contribution is -2.30. The van der Waals surface area contributed by atoms with E-state index in [2.05, 4.69) is 20.3 Å². The van der Waals surface area contributed by atoms with Crippen LogP contribution in [-0.4, -0.2) is 45.9 Å². The lowest BCUT2D eigenvalue weighted by molar-refractivity contribution is 0.360. The number of sulfonamides is 1. The van der Waals surface area contributed by atoms with Crippen molar-refractivity contribution in [2.24, 2.45) is 0 Å². The van der Waals surface area contributed by atoms with Crippen molar-refractivity contribution in [2.75, 3.05) is 12.8 Å². The molecule has 1 aliphatic rings. The number of hydrogen-bond donors (Lipinski definition) is 1. The van der Waals surface area contributed by atoms with Gasteiger partial charge in [0.05, 0.1) is 29.6 Å². The van der Waals surface area contributed by atoms with Crippen LogP contribution in [0.1, 0.15) is 30.3 Å². The fourth-order valence-electron chi connectivity index (χ4n) is 3.25. The Morgan fingerprint density at radius 2 is 2.21 bits per heavy atom.